The van der Waals surface area contributed by atoms with Gasteiger partial charge < -0.3 is 5.32 Å². The first-order chi connectivity index (χ1) is 9.74. The molecule has 1 aliphatic carbocycles. The first kappa shape index (κ1) is 15.6. The van der Waals surface area contributed by atoms with Crippen molar-refractivity contribution in [3.63, 3.8) is 0 Å². The van der Waals surface area contributed by atoms with Gasteiger partial charge in [-0.2, -0.15) is 0 Å². The summed E-state index contributed by atoms with van der Waals surface area (Å²) in [4.78, 5) is 12.2. The van der Waals surface area contributed by atoms with Crippen LogP contribution in [-0.4, -0.2) is 17.8 Å². The standard InChI is InChI=1S/C17H24BrNO/c1-2-4-13(9-10-18)12-19-17(20)16-8-7-14-5-3-6-15(14)11-16/h7-8,11,13H,2-6,9-10,12H2,1H3,(H,19,20). The highest BCUT2D eigenvalue weighted by Gasteiger charge is 2.15. The summed E-state index contributed by atoms with van der Waals surface area (Å²) >= 11 is 3.49. The number of alkyl halides is 1. The maximum absolute atomic E-state index is 12.2. The summed E-state index contributed by atoms with van der Waals surface area (Å²) in [6.07, 6.45) is 6.99. The molecule has 2 nitrogen and oxygen atoms in total. The lowest BCUT2D eigenvalue weighted by Gasteiger charge is -2.16. The van der Waals surface area contributed by atoms with E-state index < -0.39 is 0 Å². The lowest BCUT2D eigenvalue weighted by molar-refractivity contribution is 0.0946. The molecule has 0 spiro atoms. The van der Waals surface area contributed by atoms with E-state index in [4.69, 9.17) is 0 Å². The Morgan fingerprint density at radius 3 is 2.85 bits per heavy atom. The van der Waals surface area contributed by atoms with Gasteiger partial charge >= 0.3 is 0 Å². The molecular weight excluding hydrogens is 314 g/mol. The van der Waals surface area contributed by atoms with E-state index in [2.05, 4.69) is 40.3 Å². The Morgan fingerprint density at radius 2 is 2.10 bits per heavy atom. The smallest absolute Gasteiger partial charge is 0.251 e. The number of rotatable bonds is 7. The molecule has 3 heteroatoms. The largest absolute Gasteiger partial charge is 0.352 e. The van der Waals surface area contributed by atoms with Crippen molar-refractivity contribution in [1.29, 1.82) is 0 Å². The van der Waals surface area contributed by atoms with Crippen molar-refractivity contribution in [2.45, 2.75) is 45.4 Å². The Kier molecular flexibility index (Phi) is 6.08. The van der Waals surface area contributed by atoms with Gasteiger partial charge in [0.2, 0.25) is 0 Å². The highest BCUT2D eigenvalue weighted by atomic mass is 79.9. The van der Waals surface area contributed by atoms with E-state index in [1.807, 2.05) is 6.07 Å². The summed E-state index contributed by atoms with van der Waals surface area (Å²) in [5.41, 5.74) is 3.60. The molecule has 1 aromatic rings. The van der Waals surface area contributed by atoms with Crippen molar-refractivity contribution in [3.05, 3.63) is 34.9 Å². The Hall–Kier alpha value is -0.830. The predicted octanol–water partition coefficient (Wildman–Crippen LogP) is 4.11. The van der Waals surface area contributed by atoms with E-state index >= 15 is 0 Å². The molecule has 0 saturated heterocycles. The van der Waals surface area contributed by atoms with Gasteiger partial charge in [0.1, 0.15) is 0 Å². The number of fused-ring (bicyclic) bond motifs is 1. The lowest BCUT2D eigenvalue weighted by atomic mass is 10.0. The maximum atomic E-state index is 12.2. The zero-order valence-electron chi connectivity index (χ0n) is 12.3. The van der Waals surface area contributed by atoms with E-state index in [1.165, 1.54) is 36.8 Å². The topological polar surface area (TPSA) is 29.1 Å². The van der Waals surface area contributed by atoms with Gasteiger partial charge in [0.05, 0.1) is 0 Å². The van der Waals surface area contributed by atoms with Crippen LogP contribution in [0.5, 0.6) is 0 Å². The highest BCUT2D eigenvalue weighted by molar-refractivity contribution is 9.09. The van der Waals surface area contributed by atoms with Crippen LogP contribution in [0.3, 0.4) is 0 Å². The molecule has 20 heavy (non-hydrogen) atoms. The molecule has 1 unspecified atom stereocenters. The number of amides is 1. The summed E-state index contributed by atoms with van der Waals surface area (Å²) in [5.74, 6) is 0.660. The van der Waals surface area contributed by atoms with Gasteiger partial charge in [0.25, 0.3) is 5.91 Å². The molecule has 0 aromatic heterocycles. The van der Waals surface area contributed by atoms with Crippen molar-refractivity contribution in [3.8, 4) is 0 Å². The average Bonchev–Trinajstić information content (AvgIpc) is 2.92. The Bertz CT molecular complexity index is 452. The van der Waals surface area contributed by atoms with Crippen molar-refractivity contribution in [2.24, 2.45) is 5.92 Å². The van der Waals surface area contributed by atoms with Gasteiger partial charge in [0, 0.05) is 17.4 Å². The van der Waals surface area contributed by atoms with Crippen LogP contribution < -0.4 is 5.32 Å². The molecular formula is C17H24BrNO. The molecule has 1 amide bonds. The van der Waals surface area contributed by atoms with Crippen LogP contribution in [0.15, 0.2) is 18.2 Å². The first-order valence-corrected chi connectivity index (χ1v) is 8.82. The van der Waals surface area contributed by atoms with Gasteiger partial charge in [-0.15, -0.1) is 0 Å². The summed E-state index contributed by atoms with van der Waals surface area (Å²) in [7, 11) is 0. The fourth-order valence-corrected chi connectivity index (χ4v) is 3.61. The minimum absolute atomic E-state index is 0.0791. The minimum Gasteiger partial charge on any atom is -0.352 e. The Balaban J connectivity index is 1.91. The van der Waals surface area contributed by atoms with Gasteiger partial charge in [0.15, 0.2) is 0 Å². The first-order valence-electron chi connectivity index (χ1n) is 7.70. The molecule has 0 radical (unpaired) electrons. The summed E-state index contributed by atoms with van der Waals surface area (Å²) in [6, 6.07) is 6.18. The number of hydrogen-bond acceptors (Lipinski definition) is 1. The summed E-state index contributed by atoms with van der Waals surface area (Å²) in [5, 5.41) is 4.11. The van der Waals surface area contributed by atoms with E-state index in [0.717, 1.165) is 30.3 Å². The van der Waals surface area contributed by atoms with Crippen molar-refractivity contribution >= 4 is 21.8 Å². The lowest BCUT2D eigenvalue weighted by Crippen LogP contribution is -2.29. The van der Waals surface area contributed by atoms with E-state index in [1.54, 1.807) is 0 Å². The molecule has 0 saturated carbocycles. The summed E-state index contributed by atoms with van der Waals surface area (Å²) in [6.45, 7) is 2.99. The van der Waals surface area contributed by atoms with Crippen molar-refractivity contribution in [1.82, 2.24) is 5.32 Å². The second kappa shape index (κ2) is 7.82. The van der Waals surface area contributed by atoms with Crippen LogP contribution in [0.25, 0.3) is 0 Å². The van der Waals surface area contributed by atoms with Crippen LogP contribution in [0.2, 0.25) is 0 Å². The highest BCUT2D eigenvalue weighted by Crippen LogP contribution is 2.22. The van der Waals surface area contributed by atoms with Crippen LogP contribution in [0.1, 0.15) is 54.1 Å². The zero-order valence-corrected chi connectivity index (χ0v) is 13.8. The number of halogens is 1. The van der Waals surface area contributed by atoms with Crippen LogP contribution >= 0.6 is 15.9 Å². The molecule has 0 heterocycles. The van der Waals surface area contributed by atoms with Gasteiger partial charge in [-0.3, -0.25) is 4.79 Å². The number of benzene rings is 1. The number of aryl methyl sites for hydroxylation is 2. The van der Waals surface area contributed by atoms with Gasteiger partial charge in [-0.1, -0.05) is 35.3 Å². The summed E-state index contributed by atoms with van der Waals surface area (Å²) < 4.78 is 0. The molecule has 110 valence electrons. The monoisotopic (exact) mass is 337 g/mol. The van der Waals surface area contributed by atoms with E-state index in [0.29, 0.717) is 5.92 Å². The molecule has 1 aromatic carbocycles. The third-order valence-electron chi connectivity index (χ3n) is 4.13. The average molecular weight is 338 g/mol. The number of carbonyl (C=O) groups excluding carboxylic acids is 1. The SMILES string of the molecule is CCCC(CCBr)CNC(=O)c1ccc2c(c1)CCC2. The molecule has 0 bridgehead atoms. The number of hydrogen-bond donors (Lipinski definition) is 1. The number of carbonyl (C=O) groups is 1. The van der Waals surface area contributed by atoms with Crippen molar-refractivity contribution < 1.29 is 4.79 Å². The molecule has 1 atom stereocenters. The fraction of sp³-hybridized carbons (Fsp3) is 0.588. The minimum atomic E-state index is 0.0791. The quantitative estimate of drug-likeness (QED) is 0.745. The fourth-order valence-electron chi connectivity index (χ4n) is 2.96. The van der Waals surface area contributed by atoms with E-state index in [-0.39, 0.29) is 5.91 Å². The Labute approximate surface area is 130 Å². The number of nitrogens with one attached hydrogen (secondary N) is 1. The second-order valence-electron chi connectivity index (χ2n) is 5.68. The molecule has 0 aliphatic heterocycles. The normalized spacial score (nSPS) is 14.9. The third kappa shape index (κ3) is 4.08. The molecule has 1 aliphatic rings. The predicted molar refractivity (Wildman–Crippen MR) is 87.6 cm³/mol. The van der Waals surface area contributed by atoms with Gasteiger partial charge in [-0.25, -0.2) is 0 Å². The zero-order chi connectivity index (χ0) is 14.4. The molecule has 1 N–H and O–H groups in total. The van der Waals surface area contributed by atoms with Crippen LogP contribution in [-0.2, 0) is 12.8 Å². The second-order valence-corrected chi connectivity index (χ2v) is 6.47. The molecule has 2 rings (SSSR count). The third-order valence-corrected chi connectivity index (χ3v) is 4.58. The van der Waals surface area contributed by atoms with Crippen LogP contribution in [0.4, 0.5) is 0 Å². The molecule has 0 fully saturated rings. The van der Waals surface area contributed by atoms with Crippen LogP contribution in [0, 0.1) is 5.92 Å². The Morgan fingerprint density at radius 1 is 1.30 bits per heavy atom. The van der Waals surface area contributed by atoms with Gasteiger partial charge in [-0.05, 0) is 61.3 Å². The van der Waals surface area contributed by atoms with E-state index in [9.17, 15) is 4.79 Å². The van der Waals surface area contributed by atoms with Crippen molar-refractivity contribution in [2.75, 3.05) is 11.9 Å². The maximum Gasteiger partial charge on any atom is 0.251 e.